The van der Waals surface area contributed by atoms with Gasteiger partial charge in [0.15, 0.2) is 5.69 Å². The second kappa shape index (κ2) is 6.16. The van der Waals surface area contributed by atoms with Crippen LogP contribution in [0.2, 0.25) is 0 Å². The third-order valence-corrected chi connectivity index (χ3v) is 5.41. The van der Waals surface area contributed by atoms with Crippen LogP contribution < -0.4 is 10.1 Å². The Kier molecular flexibility index (Phi) is 3.63. The Bertz CT molecular complexity index is 1160. The van der Waals surface area contributed by atoms with Crippen molar-refractivity contribution in [2.24, 2.45) is 0 Å². The zero-order valence-corrected chi connectivity index (χ0v) is 15.0. The first-order valence-electron chi connectivity index (χ1n) is 9.17. The van der Waals surface area contributed by atoms with E-state index in [1.807, 2.05) is 36.4 Å². The van der Waals surface area contributed by atoms with Crippen molar-refractivity contribution in [3.05, 3.63) is 59.4 Å². The fraction of sp³-hybridized carbons (Fsp3) is 0.238. The van der Waals surface area contributed by atoms with Crippen LogP contribution >= 0.6 is 0 Å². The molecule has 2 aromatic carbocycles. The fourth-order valence-electron chi connectivity index (χ4n) is 4.08. The molecule has 136 valence electrons. The Balaban J connectivity index is 1.49. The molecule has 27 heavy (non-hydrogen) atoms. The molecule has 5 rings (SSSR count). The minimum Gasteiger partial charge on any atom is -0.497 e. The molecule has 1 aliphatic rings. The lowest BCUT2D eigenvalue weighted by Gasteiger charge is -2.23. The molecule has 1 atom stereocenters. The van der Waals surface area contributed by atoms with Gasteiger partial charge in [-0.2, -0.15) is 5.10 Å². The summed E-state index contributed by atoms with van der Waals surface area (Å²) in [6.07, 6.45) is 2.94. The summed E-state index contributed by atoms with van der Waals surface area (Å²) in [6.45, 7) is 0. The van der Waals surface area contributed by atoms with Crippen molar-refractivity contribution in [2.75, 3.05) is 7.11 Å². The van der Waals surface area contributed by atoms with E-state index in [9.17, 15) is 4.79 Å². The molecule has 3 N–H and O–H groups in total. The molecule has 2 aromatic heterocycles. The fourth-order valence-corrected chi connectivity index (χ4v) is 4.08. The summed E-state index contributed by atoms with van der Waals surface area (Å²) in [6, 6.07) is 13.7. The number of amides is 1. The lowest BCUT2D eigenvalue weighted by atomic mass is 9.91. The topological polar surface area (TPSA) is 82.8 Å². The Morgan fingerprint density at radius 1 is 1.19 bits per heavy atom. The third kappa shape index (κ3) is 2.56. The number of carbonyl (C=O) groups excluding carboxylic acids is 1. The quantitative estimate of drug-likeness (QED) is 0.519. The molecule has 4 aromatic rings. The molecule has 0 saturated carbocycles. The number of H-pyrrole nitrogens is 2. The lowest BCUT2D eigenvalue weighted by Crippen LogP contribution is -2.31. The summed E-state index contributed by atoms with van der Waals surface area (Å²) < 4.78 is 5.37. The van der Waals surface area contributed by atoms with E-state index in [4.69, 9.17) is 4.74 Å². The number of rotatable bonds is 3. The molecular formula is C21H20N4O2. The summed E-state index contributed by atoms with van der Waals surface area (Å²) in [5, 5.41) is 12.3. The zero-order chi connectivity index (χ0) is 18.4. The molecule has 2 heterocycles. The van der Waals surface area contributed by atoms with Crippen molar-refractivity contribution in [1.82, 2.24) is 20.5 Å². The van der Waals surface area contributed by atoms with E-state index in [0.717, 1.165) is 47.1 Å². The molecule has 1 aliphatic carbocycles. The minimum absolute atomic E-state index is 0.0462. The van der Waals surface area contributed by atoms with Crippen molar-refractivity contribution in [1.29, 1.82) is 0 Å². The van der Waals surface area contributed by atoms with E-state index in [-0.39, 0.29) is 11.9 Å². The van der Waals surface area contributed by atoms with Crippen LogP contribution in [0.1, 0.15) is 40.6 Å². The predicted octanol–water partition coefficient (Wildman–Crippen LogP) is 3.86. The van der Waals surface area contributed by atoms with Crippen LogP contribution in [0.25, 0.3) is 21.8 Å². The summed E-state index contributed by atoms with van der Waals surface area (Å²) in [5.74, 6) is 0.694. The number of carbonyl (C=O) groups is 1. The monoisotopic (exact) mass is 360 g/mol. The molecule has 6 nitrogen and oxygen atoms in total. The average Bonchev–Trinajstić information content (AvgIpc) is 3.29. The Morgan fingerprint density at radius 3 is 2.96 bits per heavy atom. The first-order valence-corrected chi connectivity index (χ1v) is 9.17. The van der Waals surface area contributed by atoms with Gasteiger partial charge in [-0.1, -0.05) is 18.2 Å². The van der Waals surface area contributed by atoms with Crippen molar-refractivity contribution >= 4 is 27.7 Å². The number of aryl methyl sites for hydroxylation is 1. The standard InChI is InChI=1S/C21H20N4O2/c1-27-12-9-10-16-15(11-12)13-6-4-8-18(19(13)22-16)23-21(26)20-14-5-2-3-7-17(14)24-25-20/h2-3,5,7,9-11,18,22H,4,6,8H2,1H3,(H,23,26)(H,24,25)/t18-/m1/s1. The maximum absolute atomic E-state index is 12.9. The van der Waals surface area contributed by atoms with Gasteiger partial charge in [0.1, 0.15) is 5.75 Å². The molecule has 0 fully saturated rings. The highest BCUT2D eigenvalue weighted by Crippen LogP contribution is 2.36. The number of fused-ring (bicyclic) bond motifs is 4. The number of hydrogen-bond acceptors (Lipinski definition) is 3. The van der Waals surface area contributed by atoms with Gasteiger partial charge in [0, 0.05) is 22.0 Å². The number of nitrogens with zero attached hydrogens (tertiary/aromatic N) is 1. The number of para-hydroxylation sites is 1. The third-order valence-electron chi connectivity index (χ3n) is 5.41. The number of aromatic amines is 2. The van der Waals surface area contributed by atoms with Gasteiger partial charge >= 0.3 is 0 Å². The molecule has 0 unspecified atom stereocenters. The largest absolute Gasteiger partial charge is 0.497 e. The highest BCUT2D eigenvalue weighted by atomic mass is 16.5. The summed E-state index contributed by atoms with van der Waals surface area (Å²) >= 11 is 0. The van der Waals surface area contributed by atoms with Crippen LogP contribution in [0.3, 0.4) is 0 Å². The molecule has 0 radical (unpaired) electrons. The van der Waals surface area contributed by atoms with Crippen LogP contribution in [0, 0.1) is 0 Å². The van der Waals surface area contributed by atoms with Gasteiger partial charge in [0.2, 0.25) is 0 Å². The van der Waals surface area contributed by atoms with Gasteiger partial charge in [-0.05, 0) is 49.1 Å². The smallest absolute Gasteiger partial charge is 0.272 e. The minimum atomic E-state index is -0.151. The predicted molar refractivity (Wildman–Crippen MR) is 104 cm³/mol. The van der Waals surface area contributed by atoms with Gasteiger partial charge < -0.3 is 15.0 Å². The second-order valence-electron chi connectivity index (χ2n) is 6.96. The van der Waals surface area contributed by atoms with Crippen LogP contribution in [0.4, 0.5) is 0 Å². The van der Waals surface area contributed by atoms with E-state index >= 15 is 0 Å². The summed E-state index contributed by atoms with van der Waals surface area (Å²) in [4.78, 5) is 16.4. The van der Waals surface area contributed by atoms with E-state index < -0.39 is 0 Å². The Labute approximate surface area is 155 Å². The van der Waals surface area contributed by atoms with Gasteiger partial charge in [-0.15, -0.1) is 0 Å². The molecule has 0 aliphatic heterocycles. The Hall–Kier alpha value is -3.28. The van der Waals surface area contributed by atoms with E-state index in [0.29, 0.717) is 5.69 Å². The molecule has 6 heteroatoms. The lowest BCUT2D eigenvalue weighted by molar-refractivity contribution is 0.0928. The van der Waals surface area contributed by atoms with Crippen molar-refractivity contribution < 1.29 is 9.53 Å². The number of ether oxygens (including phenoxy) is 1. The number of hydrogen-bond donors (Lipinski definition) is 3. The maximum Gasteiger partial charge on any atom is 0.272 e. The SMILES string of the molecule is COc1ccc2[nH]c3c(c2c1)CCC[C@H]3NC(=O)c1n[nH]c2ccccc12. The van der Waals surface area contributed by atoms with Crippen LogP contribution in [-0.4, -0.2) is 28.2 Å². The van der Waals surface area contributed by atoms with Gasteiger partial charge in [0.25, 0.3) is 5.91 Å². The Morgan fingerprint density at radius 2 is 2.07 bits per heavy atom. The first-order chi connectivity index (χ1) is 13.2. The summed E-state index contributed by atoms with van der Waals surface area (Å²) in [5.41, 5.74) is 4.75. The van der Waals surface area contributed by atoms with Crippen molar-refractivity contribution in [3.63, 3.8) is 0 Å². The van der Waals surface area contributed by atoms with Crippen LogP contribution in [-0.2, 0) is 6.42 Å². The number of benzene rings is 2. The highest BCUT2D eigenvalue weighted by molar-refractivity contribution is 6.04. The normalized spacial score (nSPS) is 16.4. The molecule has 0 saturated heterocycles. The van der Waals surface area contributed by atoms with Gasteiger partial charge in [-0.3, -0.25) is 9.89 Å². The number of aromatic nitrogens is 3. The van der Waals surface area contributed by atoms with Gasteiger partial charge in [-0.25, -0.2) is 0 Å². The molecule has 0 spiro atoms. The van der Waals surface area contributed by atoms with Crippen molar-refractivity contribution in [3.8, 4) is 5.75 Å². The van der Waals surface area contributed by atoms with E-state index in [1.165, 1.54) is 10.9 Å². The number of nitrogens with one attached hydrogen (secondary N) is 3. The van der Waals surface area contributed by atoms with Crippen LogP contribution in [0.5, 0.6) is 5.75 Å². The maximum atomic E-state index is 12.9. The van der Waals surface area contributed by atoms with Crippen LogP contribution in [0.15, 0.2) is 42.5 Å². The summed E-state index contributed by atoms with van der Waals surface area (Å²) in [7, 11) is 1.68. The first kappa shape index (κ1) is 15.9. The number of methoxy groups -OCH3 is 1. The van der Waals surface area contributed by atoms with E-state index in [1.54, 1.807) is 7.11 Å². The van der Waals surface area contributed by atoms with E-state index in [2.05, 4.69) is 26.6 Å². The highest BCUT2D eigenvalue weighted by Gasteiger charge is 2.27. The molecule has 1 amide bonds. The van der Waals surface area contributed by atoms with Crippen molar-refractivity contribution in [2.45, 2.75) is 25.3 Å². The zero-order valence-electron chi connectivity index (χ0n) is 15.0. The molecular weight excluding hydrogens is 340 g/mol. The second-order valence-corrected chi connectivity index (χ2v) is 6.96. The molecule has 0 bridgehead atoms. The average molecular weight is 360 g/mol. The van der Waals surface area contributed by atoms with Gasteiger partial charge in [0.05, 0.1) is 18.7 Å².